The molecule has 6 nitrogen and oxygen atoms in total. The van der Waals surface area contributed by atoms with Crippen molar-refractivity contribution in [3.63, 3.8) is 0 Å². The van der Waals surface area contributed by atoms with Crippen LogP contribution in [0.4, 0.5) is 0 Å². The second-order valence-corrected chi connectivity index (χ2v) is 8.78. The lowest BCUT2D eigenvalue weighted by Gasteiger charge is -2.21. The molecule has 28 heavy (non-hydrogen) atoms. The smallest absolute Gasteiger partial charge is 0.182 e. The maximum absolute atomic E-state index is 5.84. The summed E-state index contributed by atoms with van der Waals surface area (Å²) in [5, 5.41) is 5.95. The minimum Gasteiger partial charge on any atom is -0.491 e. The maximum Gasteiger partial charge on any atom is 0.182 e. The summed E-state index contributed by atoms with van der Waals surface area (Å²) in [6.07, 6.45) is 1.16. The average molecular weight is 394 g/mol. The molecule has 0 atom stereocenters. The highest BCUT2D eigenvalue weighted by atomic mass is 32.1. The number of likely N-dealkylation sites (N-methyl/N-ethyl adjacent to an activating group) is 1. The van der Waals surface area contributed by atoms with Gasteiger partial charge < -0.3 is 9.64 Å². The molecule has 0 amide bonds. The van der Waals surface area contributed by atoms with Gasteiger partial charge in [0.2, 0.25) is 0 Å². The Balaban J connectivity index is 1.69. The number of fused-ring (bicyclic) bond motifs is 5. The van der Waals surface area contributed by atoms with Crippen molar-refractivity contribution in [1.29, 1.82) is 0 Å². The molecule has 3 aromatic heterocycles. The molecule has 0 bridgehead atoms. The van der Waals surface area contributed by atoms with Crippen LogP contribution in [0.25, 0.3) is 27.3 Å². The Morgan fingerprint density at radius 2 is 2.07 bits per heavy atom. The first-order chi connectivity index (χ1) is 13.5. The molecule has 1 aromatic carbocycles. The molecule has 4 aromatic rings. The third-order valence-corrected chi connectivity index (χ3v) is 6.20. The zero-order chi connectivity index (χ0) is 19.4. The van der Waals surface area contributed by atoms with Gasteiger partial charge in [-0.1, -0.05) is 12.1 Å². The predicted molar refractivity (Wildman–Crippen MR) is 112 cm³/mol. The molecule has 0 unspecified atom stereocenters. The highest BCUT2D eigenvalue weighted by Gasteiger charge is 2.24. The van der Waals surface area contributed by atoms with Crippen molar-refractivity contribution >= 4 is 27.2 Å². The van der Waals surface area contributed by atoms with Crippen LogP contribution in [0, 0.1) is 6.92 Å². The van der Waals surface area contributed by atoms with Gasteiger partial charge in [0.1, 0.15) is 16.4 Å². The molecule has 1 aliphatic heterocycles. The SMILES string of the molecule is Cc1nc2sc3c(c2c2nc(-c4cccc(OC(C)C)c4)nn12)CCN(C)C3. The molecule has 0 fully saturated rings. The van der Waals surface area contributed by atoms with E-state index in [9.17, 15) is 0 Å². The zero-order valence-corrected chi connectivity index (χ0v) is 17.4. The van der Waals surface area contributed by atoms with E-state index < -0.39 is 0 Å². The first-order valence-electron chi connectivity index (χ1n) is 9.63. The average Bonchev–Trinajstić information content (AvgIpc) is 3.22. The molecule has 5 rings (SSSR count). The van der Waals surface area contributed by atoms with Gasteiger partial charge in [0.25, 0.3) is 0 Å². The molecular formula is C21H23N5OS. The summed E-state index contributed by atoms with van der Waals surface area (Å²) in [7, 11) is 2.17. The molecule has 0 saturated heterocycles. The van der Waals surface area contributed by atoms with E-state index in [1.54, 1.807) is 11.3 Å². The fraction of sp³-hybridized carbons (Fsp3) is 0.381. The van der Waals surface area contributed by atoms with Crippen LogP contribution in [-0.4, -0.2) is 44.2 Å². The van der Waals surface area contributed by atoms with Crippen molar-refractivity contribution in [3.8, 4) is 17.1 Å². The monoisotopic (exact) mass is 393 g/mol. The lowest BCUT2D eigenvalue weighted by molar-refractivity contribution is 0.242. The number of nitrogens with zero attached hydrogens (tertiary/aromatic N) is 5. The number of rotatable bonds is 3. The quantitative estimate of drug-likeness (QED) is 0.525. The van der Waals surface area contributed by atoms with Crippen molar-refractivity contribution in [1.82, 2.24) is 24.5 Å². The van der Waals surface area contributed by atoms with Crippen molar-refractivity contribution in [2.45, 2.75) is 39.8 Å². The first-order valence-corrected chi connectivity index (χ1v) is 10.4. The normalized spacial score (nSPS) is 14.9. The number of aromatic nitrogens is 4. The number of hydrogen-bond acceptors (Lipinski definition) is 6. The predicted octanol–water partition coefficient (Wildman–Crippen LogP) is 4.09. The lowest BCUT2D eigenvalue weighted by atomic mass is 10.1. The summed E-state index contributed by atoms with van der Waals surface area (Å²) in [5.41, 5.74) is 3.26. The second-order valence-electron chi connectivity index (χ2n) is 7.70. The van der Waals surface area contributed by atoms with Gasteiger partial charge in [-0.15, -0.1) is 16.4 Å². The van der Waals surface area contributed by atoms with Gasteiger partial charge in [-0.05, 0) is 51.9 Å². The summed E-state index contributed by atoms with van der Waals surface area (Å²) in [6, 6.07) is 7.99. The Bertz CT molecular complexity index is 1190. The van der Waals surface area contributed by atoms with Gasteiger partial charge in [0.05, 0.1) is 11.5 Å². The Hall–Kier alpha value is -2.51. The summed E-state index contributed by atoms with van der Waals surface area (Å²) < 4.78 is 7.73. The maximum atomic E-state index is 5.84. The zero-order valence-electron chi connectivity index (χ0n) is 16.6. The minimum atomic E-state index is 0.130. The van der Waals surface area contributed by atoms with Crippen molar-refractivity contribution in [2.24, 2.45) is 0 Å². The fourth-order valence-electron chi connectivity index (χ4n) is 3.82. The summed E-state index contributed by atoms with van der Waals surface area (Å²) in [4.78, 5) is 14.6. The van der Waals surface area contributed by atoms with Crippen molar-refractivity contribution in [3.05, 3.63) is 40.5 Å². The Morgan fingerprint density at radius 1 is 1.21 bits per heavy atom. The van der Waals surface area contributed by atoms with E-state index >= 15 is 0 Å². The Kier molecular flexibility index (Phi) is 4.10. The summed E-state index contributed by atoms with van der Waals surface area (Å²) in [5.74, 6) is 2.41. The van der Waals surface area contributed by atoms with Gasteiger partial charge in [0.15, 0.2) is 11.5 Å². The van der Waals surface area contributed by atoms with Gasteiger partial charge in [0, 0.05) is 23.5 Å². The Labute approximate surface area is 167 Å². The molecular weight excluding hydrogens is 370 g/mol. The minimum absolute atomic E-state index is 0.130. The number of thiophene rings is 1. The molecule has 7 heteroatoms. The van der Waals surface area contributed by atoms with Crippen LogP contribution in [0.1, 0.15) is 30.1 Å². The van der Waals surface area contributed by atoms with Crippen LogP contribution in [0.5, 0.6) is 5.75 Å². The van der Waals surface area contributed by atoms with E-state index in [4.69, 9.17) is 19.8 Å². The molecule has 0 spiro atoms. The number of ether oxygens (including phenoxy) is 1. The van der Waals surface area contributed by atoms with Crippen LogP contribution in [-0.2, 0) is 13.0 Å². The highest BCUT2D eigenvalue weighted by Crippen LogP contribution is 2.36. The van der Waals surface area contributed by atoms with Gasteiger partial charge >= 0.3 is 0 Å². The standard InChI is InChI=1S/C21H23N5OS/c1-12(2)27-15-7-5-6-14(10-15)19-23-20-18-16-8-9-25(4)11-17(16)28-21(18)22-13(3)26(20)24-19/h5-7,10,12H,8-9,11H2,1-4H3. The number of hydrogen-bond donors (Lipinski definition) is 0. The van der Waals surface area contributed by atoms with Crippen molar-refractivity contribution in [2.75, 3.05) is 13.6 Å². The third-order valence-electron chi connectivity index (χ3n) is 5.09. The van der Waals surface area contributed by atoms with Crippen LogP contribution in [0.15, 0.2) is 24.3 Å². The third kappa shape index (κ3) is 2.86. The highest BCUT2D eigenvalue weighted by molar-refractivity contribution is 7.19. The van der Waals surface area contributed by atoms with E-state index in [1.807, 2.05) is 49.6 Å². The van der Waals surface area contributed by atoms with E-state index in [-0.39, 0.29) is 6.10 Å². The van der Waals surface area contributed by atoms with Gasteiger partial charge in [-0.2, -0.15) is 4.52 Å². The van der Waals surface area contributed by atoms with Crippen LogP contribution in [0.3, 0.4) is 0 Å². The molecule has 1 aliphatic rings. The van der Waals surface area contributed by atoms with E-state index in [1.165, 1.54) is 15.8 Å². The fourth-order valence-corrected chi connectivity index (χ4v) is 5.16. The number of aryl methyl sites for hydroxylation is 1. The first kappa shape index (κ1) is 17.6. The van der Waals surface area contributed by atoms with E-state index in [2.05, 4.69) is 11.9 Å². The van der Waals surface area contributed by atoms with E-state index in [0.29, 0.717) is 5.82 Å². The topological polar surface area (TPSA) is 55.6 Å². The molecule has 4 heterocycles. The van der Waals surface area contributed by atoms with Gasteiger partial charge in [-0.25, -0.2) is 9.97 Å². The van der Waals surface area contributed by atoms with E-state index in [0.717, 1.165) is 47.1 Å². The van der Waals surface area contributed by atoms with Crippen LogP contribution >= 0.6 is 11.3 Å². The number of benzene rings is 1. The molecule has 0 radical (unpaired) electrons. The van der Waals surface area contributed by atoms with Crippen LogP contribution in [0.2, 0.25) is 0 Å². The van der Waals surface area contributed by atoms with Crippen LogP contribution < -0.4 is 4.74 Å². The summed E-state index contributed by atoms with van der Waals surface area (Å²) in [6.45, 7) is 8.09. The lowest BCUT2D eigenvalue weighted by Crippen LogP contribution is -2.25. The second kappa shape index (κ2) is 6.53. The molecule has 0 N–H and O–H groups in total. The largest absolute Gasteiger partial charge is 0.491 e. The van der Waals surface area contributed by atoms with Gasteiger partial charge in [-0.3, -0.25) is 0 Å². The molecule has 0 aliphatic carbocycles. The molecule has 144 valence electrons. The molecule has 0 saturated carbocycles. The Morgan fingerprint density at radius 3 is 2.89 bits per heavy atom. The van der Waals surface area contributed by atoms with Crippen molar-refractivity contribution < 1.29 is 4.74 Å². The summed E-state index contributed by atoms with van der Waals surface area (Å²) >= 11 is 1.79.